The first-order valence-corrected chi connectivity index (χ1v) is 9.28. The summed E-state index contributed by atoms with van der Waals surface area (Å²) in [5.74, 6) is 2.23. The topological polar surface area (TPSA) is 58.5 Å². The van der Waals surface area contributed by atoms with Gasteiger partial charge in [0.15, 0.2) is 5.96 Å². The maximum absolute atomic E-state index is 5.22. The second kappa shape index (κ2) is 13.4. The summed E-state index contributed by atoms with van der Waals surface area (Å²) in [6.07, 6.45) is 5.64. The monoisotopic (exact) mass is 482 g/mol. The Morgan fingerprint density at radius 3 is 2.59 bits per heavy atom. The molecule has 2 rings (SSSR count). The van der Waals surface area contributed by atoms with Crippen molar-refractivity contribution in [1.82, 2.24) is 15.6 Å². The van der Waals surface area contributed by atoms with Crippen LogP contribution < -0.4 is 15.4 Å². The summed E-state index contributed by atoms with van der Waals surface area (Å²) in [6, 6.07) is 12.3. The molecule has 1 unspecified atom stereocenters. The number of hydrogen-bond donors (Lipinski definition) is 2. The van der Waals surface area contributed by atoms with Crippen LogP contribution >= 0.6 is 24.0 Å². The number of ether oxygens (including phenoxy) is 1. The molecule has 0 saturated carbocycles. The maximum atomic E-state index is 5.22. The lowest BCUT2D eigenvalue weighted by atomic mass is 9.98. The summed E-state index contributed by atoms with van der Waals surface area (Å²) >= 11 is 0. The van der Waals surface area contributed by atoms with Crippen LogP contribution in [0.3, 0.4) is 0 Å². The molecular weight excluding hydrogens is 451 g/mol. The fraction of sp³-hybridized carbons (Fsp3) is 0.429. The van der Waals surface area contributed by atoms with Crippen LogP contribution in [0.1, 0.15) is 37.3 Å². The van der Waals surface area contributed by atoms with Crippen LogP contribution in [-0.2, 0) is 6.42 Å². The van der Waals surface area contributed by atoms with Crippen LogP contribution in [0.15, 0.2) is 53.8 Å². The predicted octanol–water partition coefficient (Wildman–Crippen LogP) is 4.00. The number of benzene rings is 1. The molecule has 2 aromatic rings. The van der Waals surface area contributed by atoms with Gasteiger partial charge in [0.25, 0.3) is 0 Å². The van der Waals surface area contributed by atoms with E-state index < -0.39 is 0 Å². The minimum absolute atomic E-state index is 0. The largest absolute Gasteiger partial charge is 0.497 e. The summed E-state index contributed by atoms with van der Waals surface area (Å²) in [4.78, 5) is 8.84. The van der Waals surface area contributed by atoms with Crippen LogP contribution in [0.5, 0.6) is 5.75 Å². The SMILES string of the molecule is CCNC(=NCCC(C)c1ccc(OC)cc1)NCCc1cccnc1.I. The van der Waals surface area contributed by atoms with Gasteiger partial charge < -0.3 is 15.4 Å². The first-order valence-electron chi connectivity index (χ1n) is 9.28. The van der Waals surface area contributed by atoms with Crippen molar-refractivity contribution in [1.29, 1.82) is 0 Å². The van der Waals surface area contributed by atoms with Gasteiger partial charge >= 0.3 is 0 Å². The Balaban J connectivity index is 0.00000364. The highest BCUT2D eigenvalue weighted by atomic mass is 127. The Labute approximate surface area is 180 Å². The van der Waals surface area contributed by atoms with Crippen molar-refractivity contribution >= 4 is 29.9 Å². The number of pyridine rings is 1. The second-order valence-corrected chi connectivity index (χ2v) is 6.26. The van der Waals surface area contributed by atoms with Crippen molar-refractivity contribution in [2.24, 2.45) is 4.99 Å². The molecule has 0 aliphatic heterocycles. The molecule has 0 aliphatic carbocycles. The average Bonchev–Trinajstić information content (AvgIpc) is 2.69. The maximum Gasteiger partial charge on any atom is 0.191 e. The third kappa shape index (κ3) is 8.60. The minimum Gasteiger partial charge on any atom is -0.497 e. The van der Waals surface area contributed by atoms with Gasteiger partial charge in [-0.2, -0.15) is 0 Å². The lowest BCUT2D eigenvalue weighted by molar-refractivity contribution is 0.414. The van der Waals surface area contributed by atoms with Crippen LogP contribution in [0.25, 0.3) is 0 Å². The first kappa shape index (κ1) is 23.2. The minimum atomic E-state index is 0. The molecule has 0 spiro atoms. The predicted molar refractivity (Wildman–Crippen MR) is 123 cm³/mol. The van der Waals surface area contributed by atoms with E-state index >= 15 is 0 Å². The molecular formula is C21H31IN4O. The van der Waals surface area contributed by atoms with Crippen LogP contribution in [-0.4, -0.2) is 37.7 Å². The number of aliphatic imine (C=N–C) groups is 1. The summed E-state index contributed by atoms with van der Waals surface area (Å²) in [6.45, 7) is 6.80. The molecule has 0 fully saturated rings. The van der Waals surface area contributed by atoms with Crippen LogP contribution in [0.4, 0.5) is 0 Å². The lowest BCUT2D eigenvalue weighted by Crippen LogP contribution is -2.38. The van der Waals surface area contributed by atoms with Crippen molar-refractivity contribution in [3.63, 3.8) is 0 Å². The number of methoxy groups -OCH3 is 1. The molecule has 0 radical (unpaired) electrons. The van der Waals surface area contributed by atoms with E-state index in [1.54, 1.807) is 13.3 Å². The molecule has 6 heteroatoms. The lowest BCUT2D eigenvalue weighted by Gasteiger charge is -2.13. The van der Waals surface area contributed by atoms with Gasteiger partial charge in [0, 0.05) is 32.0 Å². The molecule has 27 heavy (non-hydrogen) atoms. The van der Waals surface area contributed by atoms with Crippen molar-refractivity contribution in [3.05, 3.63) is 59.9 Å². The number of hydrogen-bond acceptors (Lipinski definition) is 3. The number of halogens is 1. The van der Waals surface area contributed by atoms with E-state index in [0.29, 0.717) is 5.92 Å². The third-order valence-corrected chi connectivity index (χ3v) is 4.29. The Hall–Kier alpha value is -1.83. The molecule has 0 bridgehead atoms. The van der Waals surface area contributed by atoms with Gasteiger partial charge in [-0.15, -0.1) is 24.0 Å². The highest BCUT2D eigenvalue weighted by Crippen LogP contribution is 2.21. The number of aromatic nitrogens is 1. The standard InChI is InChI=1S/C21H30N4O.HI/c1-4-23-21(25-15-12-18-6-5-13-22-16-18)24-14-11-17(2)19-7-9-20(26-3)10-8-19;/h5-10,13,16-17H,4,11-12,14-15H2,1-3H3,(H2,23,24,25);1H. The van der Waals surface area contributed by atoms with Crippen LogP contribution in [0, 0.1) is 0 Å². The molecule has 1 atom stereocenters. The van der Waals surface area contributed by atoms with E-state index in [1.807, 2.05) is 24.4 Å². The van der Waals surface area contributed by atoms with Gasteiger partial charge in [-0.3, -0.25) is 9.98 Å². The van der Waals surface area contributed by atoms with E-state index in [4.69, 9.17) is 9.73 Å². The molecule has 0 aliphatic rings. The summed E-state index contributed by atoms with van der Waals surface area (Å²) in [7, 11) is 1.69. The Morgan fingerprint density at radius 1 is 1.19 bits per heavy atom. The van der Waals surface area contributed by atoms with E-state index in [-0.39, 0.29) is 24.0 Å². The summed E-state index contributed by atoms with van der Waals surface area (Å²) in [5, 5.41) is 6.70. The van der Waals surface area contributed by atoms with Crippen molar-refractivity contribution in [2.45, 2.75) is 32.6 Å². The van der Waals surface area contributed by atoms with Gasteiger partial charge in [0.1, 0.15) is 5.75 Å². The number of nitrogens with one attached hydrogen (secondary N) is 2. The molecule has 148 valence electrons. The molecule has 1 aromatic carbocycles. The fourth-order valence-electron chi connectivity index (χ4n) is 2.68. The van der Waals surface area contributed by atoms with Gasteiger partial charge in [0.2, 0.25) is 0 Å². The van der Waals surface area contributed by atoms with Crippen molar-refractivity contribution in [2.75, 3.05) is 26.7 Å². The van der Waals surface area contributed by atoms with Crippen molar-refractivity contribution in [3.8, 4) is 5.75 Å². The first-order chi connectivity index (χ1) is 12.7. The molecule has 2 N–H and O–H groups in total. The second-order valence-electron chi connectivity index (χ2n) is 6.26. The fourth-order valence-corrected chi connectivity index (χ4v) is 2.68. The Morgan fingerprint density at radius 2 is 1.96 bits per heavy atom. The zero-order valence-electron chi connectivity index (χ0n) is 16.4. The highest BCUT2D eigenvalue weighted by Gasteiger charge is 2.06. The van der Waals surface area contributed by atoms with E-state index in [1.165, 1.54) is 11.1 Å². The van der Waals surface area contributed by atoms with Gasteiger partial charge in [-0.25, -0.2) is 0 Å². The molecule has 1 aromatic heterocycles. The third-order valence-electron chi connectivity index (χ3n) is 4.29. The summed E-state index contributed by atoms with van der Waals surface area (Å²) in [5.41, 5.74) is 2.54. The zero-order valence-corrected chi connectivity index (χ0v) is 18.8. The number of guanidine groups is 1. The zero-order chi connectivity index (χ0) is 18.6. The average molecular weight is 482 g/mol. The molecule has 5 nitrogen and oxygen atoms in total. The Kier molecular flexibility index (Phi) is 11.5. The van der Waals surface area contributed by atoms with E-state index in [2.05, 4.69) is 47.7 Å². The highest BCUT2D eigenvalue weighted by molar-refractivity contribution is 14.0. The van der Waals surface area contributed by atoms with Crippen molar-refractivity contribution < 1.29 is 4.74 Å². The molecule has 1 heterocycles. The smallest absolute Gasteiger partial charge is 0.191 e. The van der Waals surface area contributed by atoms with Gasteiger partial charge in [-0.1, -0.05) is 25.1 Å². The number of nitrogens with zero attached hydrogens (tertiary/aromatic N) is 2. The summed E-state index contributed by atoms with van der Waals surface area (Å²) < 4.78 is 5.22. The number of rotatable bonds is 9. The molecule has 0 amide bonds. The van der Waals surface area contributed by atoms with Gasteiger partial charge in [0.05, 0.1) is 7.11 Å². The van der Waals surface area contributed by atoms with Gasteiger partial charge in [-0.05, 0) is 55.0 Å². The van der Waals surface area contributed by atoms with Crippen LogP contribution in [0.2, 0.25) is 0 Å². The molecule has 0 saturated heterocycles. The van der Waals surface area contributed by atoms with E-state index in [0.717, 1.165) is 44.2 Å². The quantitative estimate of drug-likeness (QED) is 0.322. The Bertz CT molecular complexity index is 662. The normalized spacial score (nSPS) is 12.0. The van der Waals surface area contributed by atoms with E-state index in [9.17, 15) is 0 Å².